The van der Waals surface area contributed by atoms with Gasteiger partial charge in [-0.05, 0) is 35.4 Å². The van der Waals surface area contributed by atoms with Gasteiger partial charge in [0, 0.05) is 24.0 Å². The summed E-state index contributed by atoms with van der Waals surface area (Å²) in [6, 6.07) is 16.4. The van der Waals surface area contributed by atoms with E-state index >= 15 is 0 Å². The van der Waals surface area contributed by atoms with E-state index in [-0.39, 0.29) is 5.91 Å². The van der Waals surface area contributed by atoms with Crippen molar-refractivity contribution in [2.75, 3.05) is 0 Å². The van der Waals surface area contributed by atoms with Crippen LogP contribution < -0.4 is 5.48 Å². The third-order valence-electron chi connectivity index (χ3n) is 4.40. The Labute approximate surface area is 143 Å². The standard InChI is InChI=1S/C19H15N3O3/c23-18(21-25)13-5-6-14-10-22(11-15(14)9-13)19(24)17-8-7-12-3-1-2-4-16(12)20-17/h1-9,25H,10-11H2,(H,21,23). The molecular formula is C19H15N3O3. The van der Waals surface area contributed by atoms with Gasteiger partial charge in [-0.15, -0.1) is 0 Å². The van der Waals surface area contributed by atoms with Crippen molar-refractivity contribution in [3.8, 4) is 0 Å². The summed E-state index contributed by atoms with van der Waals surface area (Å²) in [6.45, 7) is 0.888. The summed E-state index contributed by atoms with van der Waals surface area (Å²) in [5.41, 5.74) is 5.06. The Morgan fingerprint density at radius 3 is 2.64 bits per heavy atom. The highest BCUT2D eigenvalue weighted by Gasteiger charge is 2.26. The second-order valence-corrected chi connectivity index (χ2v) is 5.97. The Balaban J connectivity index is 1.59. The van der Waals surface area contributed by atoms with E-state index in [1.807, 2.05) is 30.3 Å². The van der Waals surface area contributed by atoms with Gasteiger partial charge in [-0.1, -0.05) is 30.3 Å². The number of nitrogens with one attached hydrogen (secondary N) is 1. The van der Waals surface area contributed by atoms with Crippen LogP contribution in [0.25, 0.3) is 10.9 Å². The van der Waals surface area contributed by atoms with E-state index in [0.29, 0.717) is 24.3 Å². The van der Waals surface area contributed by atoms with Crippen LogP contribution in [-0.2, 0) is 13.1 Å². The average molecular weight is 333 g/mol. The van der Waals surface area contributed by atoms with Crippen molar-refractivity contribution >= 4 is 22.7 Å². The summed E-state index contributed by atoms with van der Waals surface area (Å²) < 4.78 is 0. The highest BCUT2D eigenvalue weighted by atomic mass is 16.5. The number of pyridine rings is 1. The maximum atomic E-state index is 12.8. The van der Waals surface area contributed by atoms with Crippen LogP contribution in [0.15, 0.2) is 54.6 Å². The van der Waals surface area contributed by atoms with Crippen molar-refractivity contribution < 1.29 is 14.8 Å². The number of carbonyl (C=O) groups is 2. The van der Waals surface area contributed by atoms with Crippen LogP contribution in [0.1, 0.15) is 32.0 Å². The van der Waals surface area contributed by atoms with Crippen molar-refractivity contribution in [1.29, 1.82) is 0 Å². The van der Waals surface area contributed by atoms with Gasteiger partial charge in [-0.2, -0.15) is 0 Å². The Morgan fingerprint density at radius 2 is 1.80 bits per heavy atom. The van der Waals surface area contributed by atoms with E-state index < -0.39 is 5.91 Å². The summed E-state index contributed by atoms with van der Waals surface area (Å²) in [7, 11) is 0. The predicted molar refractivity (Wildman–Crippen MR) is 91.0 cm³/mol. The molecule has 2 amide bonds. The normalized spacial score (nSPS) is 12.9. The minimum absolute atomic E-state index is 0.143. The van der Waals surface area contributed by atoms with Gasteiger partial charge in [0.25, 0.3) is 11.8 Å². The topological polar surface area (TPSA) is 82.5 Å². The largest absolute Gasteiger partial charge is 0.329 e. The second kappa shape index (κ2) is 5.99. The number of hydrogen-bond donors (Lipinski definition) is 2. The summed E-state index contributed by atoms with van der Waals surface area (Å²) in [4.78, 5) is 30.5. The molecule has 25 heavy (non-hydrogen) atoms. The number of aromatic nitrogens is 1. The first-order valence-electron chi connectivity index (χ1n) is 7.87. The van der Waals surface area contributed by atoms with Gasteiger partial charge in [-0.3, -0.25) is 14.8 Å². The van der Waals surface area contributed by atoms with E-state index in [1.54, 1.807) is 34.6 Å². The van der Waals surface area contributed by atoms with Crippen LogP contribution in [-0.4, -0.2) is 26.9 Å². The highest BCUT2D eigenvalue weighted by molar-refractivity contribution is 5.96. The molecule has 2 N–H and O–H groups in total. The molecule has 2 heterocycles. The van der Waals surface area contributed by atoms with Crippen molar-refractivity contribution in [2.24, 2.45) is 0 Å². The van der Waals surface area contributed by atoms with Gasteiger partial charge in [-0.25, -0.2) is 10.5 Å². The number of benzene rings is 2. The lowest BCUT2D eigenvalue weighted by molar-refractivity contribution is 0.0706. The van der Waals surface area contributed by atoms with E-state index in [4.69, 9.17) is 5.21 Å². The van der Waals surface area contributed by atoms with Gasteiger partial charge in [0.2, 0.25) is 0 Å². The smallest absolute Gasteiger partial charge is 0.274 e. The third kappa shape index (κ3) is 2.72. The number of para-hydroxylation sites is 1. The maximum Gasteiger partial charge on any atom is 0.274 e. The molecule has 3 aromatic rings. The number of amides is 2. The van der Waals surface area contributed by atoms with E-state index in [1.165, 1.54) is 0 Å². The molecule has 2 aromatic carbocycles. The van der Waals surface area contributed by atoms with Gasteiger partial charge in [0.05, 0.1) is 5.52 Å². The molecule has 0 saturated heterocycles. The molecule has 0 atom stereocenters. The van der Waals surface area contributed by atoms with Crippen LogP contribution in [0.2, 0.25) is 0 Å². The van der Waals surface area contributed by atoms with Gasteiger partial charge >= 0.3 is 0 Å². The predicted octanol–water partition coefficient (Wildman–Crippen LogP) is 2.51. The zero-order chi connectivity index (χ0) is 17.4. The lowest BCUT2D eigenvalue weighted by Crippen LogP contribution is -2.26. The Hall–Kier alpha value is -3.25. The second-order valence-electron chi connectivity index (χ2n) is 5.97. The van der Waals surface area contributed by atoms with E-state index in [0.717, 1.165) is 22.0 Å². The molecule has 4 rings (SSSR count). The minimum Gasteiger partial charge on any atom is -0.329 e. The molecule has 124 valence electrons. The van der Waals surface area contributed by atoms with Crippen molar-refractivity contribution in [3.05, 3.63) is 77.0 Å². The number of carbonyl (C=O) groups excluding carboxylic acids is 2. The van der Waals surface area contributed by atoms with Crippen LogP contribution in [0.5, 0.6) is 0 Å². The van der Waals surface area contributed by atoms with Gasteiger partial charge in [0.15, 0.2) is 0 Å². The Bertz CT molecular complexity index is 1000. The van der Waals surface area contributed by atoms with Crippen LogP contribution in [0, 0.1) is 0 Å². The van der Waals surface area contributed by atoms with Gasteiger partial charge in [0.1, 0.15) is 5.69 Å². The fourth-order valence-corrected chi connectivity index (χ4v) is 3.09. The van der Waals surface area contributed by atoms with E-state index in [2.05, 4.69) is 4.98 Å². The molecule has 0 saturated carbocycles. The van der Waals surface area contributed by atoms with Crippen LogP contribution >= 0.6 is 0 Å². The quantitative estimate of drug-likeness (QED) is 0.558. The zero-order valence-corrected chi connectivity index (χ0v) is 13.3. The maximum absolute atomic E-state index is 12.8. The molecular weight excluding hydrogens is 318 g/mol. The number of hydrogen-bond acceptors (Lipinski definition) is 4. The lowest BCUT2D eigenvalue weighted by Gasteiger charge is -2.15. The zero-order valence-electron chi connectivity index (χ0n) is 13.3. The third-order valence-corrected chi connectivity index (χ3v) is 4.40. The first-order valence-corrected chi connectivity index (χ1v) is 7.87. The summed E-state index contributed by atoms with van der Waals surface area (Å²) in [6.07, 6.45) is 0. The first kappa shape index (κ1) is 15.3. The Morgan fingerprint density at radius 1 is 1.00 bits per heavy atom. The minimum atomic E-state index is -0.566. The molecule has 0 bridgehead atoms. The number of nitrogens with zero attached hydrogens (tertiary/aromatic N) is 2. The molecule has 1 aliphatic heterocycles. The molecule has 0 fully saturated rings. The van der Waals surface area contributed by atoms with Crippen LogP contribution in [0.3, 0.4) is 0 Å². The molecule has 0 unspecified atom stereocenters. The number of rotatable bonds is 2. The fraction of sp³-hybridized carbons (Fsp3) is 0.105. The molecule has 0 aliphatic carbocycles. The van der Waals surface area contributed by atoms with Crippen molar-refractivity contribution in [1.82, 2.24) is 15.4 Å². The lowest BCUT2D eigenvalue weighted by atomic mass is 10.1. The highest BCUT2D eigenvalue weighted by Crippen LogP contribution is 2.25. The number of hydroxylamine groups is 1. The molecule has 0 spiro atoms. The van der Waals surface area contributed by atoms with E-state index in [9.17, 15) is 9.59 Å². The summed E-state index contributed by atoms with van der Waals surface area (Å²) in [5, 5.41) is 9.73. The summed E-state index contributed by atoms with van der Waals surface area (Å²) in [5.74, 6) is -0.709. The molecule has 0 radical (unpaired) electrons. The van der Waals surface area contributed by atoms with Crippen LogP contribution in [0.4, 0.5) is 0 Å². The molecule has 1 aliphatic rings. The molecule has 6 nitrogen and oxygen atoms in total. The molecule has 1 aromatic heterocycles. The fourth-order valence-electron chi connectivity index (χ4n) is 3.09. The SMILES string of the molecule is O=C(NO)c1ccc2c(c1)CN(C(=O)c1ccc3ccccc3n1)C2. The molecule has 6 heteroatoms. The van der Waals surface area contributed by atoms with Crippen molar-refractivity contribution in [2.45, 2.75) is 13.1 Å². The monoisotopic (exact) mass is 333 g/mol. The summed E-state index contributed by atoms with van der Waals surface area (Å²) >= 11 is 0. The van der Waals surface area contributed by atoms with Crippen molar-refractivity contribution in [3.63, 3.8) is 0 Å². The van der Waals surface area contributed by atoms with Gasteiger partial charge < -0.3 is 4.90 Å². The first-order chi connectivity index (χ1) is 12.2. The Kier molecular flexibility index (Phi) is 3.66. The average Bonchev–Trinajstić information content (AvgIpc) is 3.09. The number of fused-ring (bicyclic) bond motifs is 2.